The monoisotopic (exact) mass is 226 g/mol. The number of hydrogen-bond acceptors (Lipinski definition) is 7. The first-order valence-corrected chi connectivity index (χ1v) is 4.63. The first-order valence-electron chi connectivity index (χ1n) is 4.63. The van der Waals surface area contributed by atoms with Crippen molar-refractivity contribution < 1.29 is 35.7 Å². The largest absolute Gasteiger partial charge is 0.361 e. The number of hydrogen-bond donors (Lipinski definition) is 7. The minimum Gasteiger partial charge on any atom is -0.361 e. The Morgan fingerprint density at radius 1 is 0.800 bits per heavy atom. The fraction of sp³-hybridized carbons (Fsp3) is 1.00. The predicted octanol–water partition coefficient (Wildman–Crippen LogP) is -2.44. The molecule has 0 unspecified atom stereocenters. The Hall–Kier alpha value is -0.280. The SMILES string of the molecule is CCCCCC(O)(O)C(O)(O)C(O)(O)O. The molecule has 0 aliphatic carbocycles. The molecule has 0 heterocycles. The van der Waals surface area contributed by atoms with Gasteiger partial charge in [-0.1, -0.05) is 19.8 Å². The van der Waals surface area contributed by atoms with Gasteiger partial charge in [0.1, 0.15) is 0 Å². The highest BCUT2D eigenvalue weighted by molar-refractivity contribution is 4.87. The second-order valence-corrected chi connectivity index (χ2v) is 3.58. The Bertz CT molecular complexity index is 194. The van der Waals surface area contributed by atoms with Crippen LogP contribution in [0.5, 0.6) is 0 Å². The highest BCUT2D eigenvalue weighted by atomic mass is 16.7. The predicted molar refractivity (Wildman–Crippen MR) is 47.9 cm³/mol. The van der Waals surface area contributed by atoms with Crippen molar-refractivity contribution in [3.63, 3.8) is 0 Å². The summed E-state index contributed by atoms with van der Waals surface area (Å²) in [6.07, 6.45) is 1.05. The summed E-state index contributed by atoms with van der Waals surface area (Å²) in [7, 11) is 0. The molecule has 0 aliphatic heterocycles. The molecule has 0 fully saturated rings. The zero-order valence-corrected chi connectivity index (χ0v) is 8.46. The quantitative estimate of drug-likeness (QED) is 0.197. The molecule has 0 atom stereocenters. The van der Waals surface area contributed by atoms with Crippen LogP contribution in [0.4, 0.5) is 0 Å². The molecule has 0 aromatic heterocycles. The molecule has 0 bridgehead atoms. The van der Waals surface area contributed by atoms with Crippen LogP contribution in [0.25, 0.3) is 0 Å². The van der Waals surface area contributed by atoms with Crippen LogP contribution in [0.15, 0.2) is 0 Å². The lowest BCUT2D eigenvalue weighted by molar-refractivity contribution is -0.509. The van der Waals surface area contributed by atoms with E-state index < -0.39 is 24.0 Å². The summed E-state index contributed by atoms with van der Waals surface area (Å²) in [5.41, 5.74) is 0. The number of rotatable bonds is 6. The van der Waals surface area contributed by atoms with Gasteiger partial charge in [0, 0.05) is 6.42 Å². The van der Waals surface area contributed by atoms with Crippen LogP contribution in [0.2, 0.25) is 0 Å². The Morgan fingerprint density at radius 2 is 1.27 bits per heavy atom. The lowest BCUT2D eigenvalue weighted by Crippen LogP contribution is -2.68. The van der Waals surface area contributed by atoms with Crippen LogP contribution in [0.3, 0.4) is 0 Å². The summed E-state index contributed by atoms with van der Waals surface area (Å²) in [5.74, 6) is -11.1. The van der Waals surface area contributed by atoms with Crippen LogP contribution < -0.4 is 0 Å². The summed E-state index contributed by atoms with van der Waals surface area (Å²) in [5, 5.41) is 61.9. The maximum atomic E-state index is 9.18. The van der Waals surface area contributed by atoms with Crippen molar-refractivity contribution in [1.29, 1.82) is 0 Å². The van der Waals surface area contributed by atoms with Gasteiger partial charge >= 0.3 is 11.8 Å². The topological polar surface area (TPSA) is 142 Å². The van der Waals surface area contributed by atoms with Crippen LogP contribution in [0, 0.1) is 0 Å². The molecule has 15 heavy (non-hydrogen) atoms. The van der Waals surface area contributed by atoms with Crippen molar-refractivity contribution in [1.82, 2.24) is 0 Å². The van der Waals surface area contributed by atoms with Crippen molar-refractivity contribution in [2.45, 2.75) is 50.2 Å². The molecule has 7 nitrogen and oxygen atoms in total. The molecular formula is C8H18O7. The van der Waals surface area contributed by atoms with Gasteiger partial charge in [-0.3, -0.25) is 0 Å². The van der Waals surface area contributed by atoms with E-state index in [0.717, 1.165) is 6.42 Å². The van der Waals surface area contributed by atoms with Gasteiger partial charge in [0.25, 0.3) is 0 Å². The molecule has 0 saturated carbocycles. The molecule has 0 rings (SSSR count). The molecule has 0 aromatic carbocycles. The van der Waals surface area contributed by atoms with Crippen LogP contribution in [0.1, 0.15) is 32.6 Å². The normalized spacial score (nSPS) is 14.4. The zero-order chi connectivity index (χ0) is 12.3. The molecule has 0 amide bonds. The molecule has 0 saturated heterocycles. The first-order chi connectivity index (χ1) is 6.56. The van der Waals surface area contributed by atoms with Crippen LogP contribution >= 0.6 is 0 Å². The van der Waals surface area contributed by atoms with Gasteiger partial charge in [0.2, 0.25) is 5.79 Å². The summed E-state index contributed by atoms with van der Waals surface area (Å²) < 4.78 is 0. The van der Waals surface area contributed by atoms with Crippen molar-refractivity contribution in [2.75, 3.05) is 0 Å². The maximum absolute atomic E-state index is 9.18. The Balaban J connectivity index is 4.56. The third-order valence-corrected chi connectivity index (χ3v) is 2.15. The number of unbranched alkanes of at least 4 members (excludes halogenated alkanes) is 2. The van der Waals surface area contributed by atoms with E-state index in [2.05, 4.69) is 0 Å². The molecule has 0 radical (unpaired) electrons. The van der Waals surface area contributed by atoms with E-state index in [0.29, 0.717) is 6.42 Å². The Morgan fingerprint density at radius 3 is 1.60 bits per heavy atom. The molecule has 0 aromatic rings. The van der Waals surface area contributed by atoms with E-state index in [1.165, 1.54) is 0 Å². The molecule has 0 aliphatic rings. The van der Waals surface area contributed by atoms with E-state index in [-0.39, 0.29) is 6.42 Å². The van der Waals surface area contributed by atoms with E-state index in [1.807, 2.05) is 6.92 Å². The molecule has 7 N–H and O–H groups in total. The highest BCUT2D eigenvalue weighted by Crippen LogP contribution is 2.30. The lowest BCUT2D eigenvalue weighted by atomic mass is 9.97. The highest BCUT2D eigenvalue weighted by Gasteiger charge is 2.61. The van der Waals surface area contributed by atoms with Gasteiger partial charge in [0.15, 0.2) is 0 Å². The van der Waals surface area contributed by atoms with Crippen molar-refractivity contribution >= 4 is 0 Å². The summed E-state index contributed by atoms with van der Waals surface area (Å²) in [4.78, 5) is 0. The van der Waals surface area contributed by atoms with Crippen molar-refractivity contribution in [3.05, 3.63) is 0 Å². The summed E-state index contributed by atoms with van der Waals surface area (Å²) >= 11 is 0. The second kappa shape index (κ2) is 4.71. The van der Waals surface area contributed by atoms with Crippen LogP contribution in [-0.4, -0.2) is 53.3 Å². The molecular weight excluding hydrogens is 208 g/mol. The van der Waals surface area contributed by atoms with Gasteiger partial charge in [-0.15, -0.1) is 0 Å². The van der Waals surface area contributed by atoms with Crippen molar-refractivity contribution in [2.24, 2.45) is 0 Å². The zero-order valence-electron chi connectivity index (χ0n) is 8.46. The molecule has 0 spiro atoms. The lowest BCUT2D eigenvalue weighted by Gasteiger charge is -2.39. The summed E-state index contributed by atoms with van der Waals surface area (Å²) in [6.45, 7) is 1.84. The third kappa shape index (κ3) is 3.35. The Labute approximate surface area is 86.9 Å². The fourth-order valence-corrected chi connectivity index (χ4v) is 1.06. The van der Waals surface area contributed by atoms with Crippen LogP contribution in [-0.2, 0) is 0 Å². The minimum atomic E-state index is -4.01. The van der Waals surface area contributed by atoms with Gasteiger partial charge in [-0.2, -0.15) is 0 Å². The van der Waals surface area contributed by atoms with Gasteiger partial charge in [-0.25, -0.2) is 0 Å². The van der Waals surface area contributed by atoms with E-state index in [9.17, 15) is 10.2 Å². The van der Waals surface area contributed by atoms with Gasteiger partial charge < -0.3 is 35.7 Å². The first kappa shape index (κ1) is 14.7. The fourth-order valence-electron chi connectivity index (χ4n) is 1.06. The third-order valence-electron chi connectivity index (χ3n) is 2.15. The second-order valence-electron chi connectivity index (χ2n) is 3.58. The standard InChI is InChI=1S/C8H18O7/c1-2-3-4-5-6(9,10)7(11,12)8(13,14)15/h9-15H,2-5H2,1H3. The van der Waals surface area contributed by atoms with Gasteiger partial charge in [-0.05, 0) is 6.42 Å². The molecule has 92 valence electrons. The van der Waals surface area contributed by atoms with Crippen molar-refractivity contribution in [3.8, 4) is 0 Å². The summed E-state index contributed by atoms with van der Waals surface area (Å²) in [6, 6.07) is 0. The smallest absolute Gasteiger partial charge is 0.338 e. The number of aliphatic hydroxyl groups is 7. The van der Waals surface area contributed by atoms with E-state index >= 15 is 0 Å². The van der Waals surface area contributed by atoms with E-state index in [4.69, 9.17) is 25.5 Å². The van der Waals surface area contributed by atoms with E-state index in [1.54, 1.807) is 0 Å². The molecule has 7 heteroatoms. The average Bonchev–Trinajstić information content (AvgIpc) is 2.02. The van der Waals surface area contributed by atoms with Gasteiger partial charge in [0.05, 0.1) is 0 Å². The average molecular weight is 226 g/mol. The Kier molecular flexibility index (Phi) is 4.62. The maximum Gasteiger partial charge on any atom is 0.338 e. The minimum absolute atomic E-state index is 0.225.